The minimum Gasteiger partial charge on any atom is -0.478 e. The number of benzene rings is 3. The molecule has 5 heterocycles. The van der Waals surface area contributed by atoms with E-state index in [0.717, 1.165) is 44.9 Å². The van der Waals surface area contributed by atoms with E-state index in [2.05, 4.69) is 25.4 Å². The summed E-state index contributed by atoms with van der Waals surface area (Å²) in [4.78, 5) is 56.4. The van der Waals surface area contributed by atoms with Crippen molar-refractivity contribution in [2.24, 2.45) is 11.5 Å². The third-order valence-electron chi connectivity index (χ3n) is 10.5. The Balaban J connectivity index is 0.000000177. The van der Waals surface area contributed by atoms with Crippen LogP contribution < -0.4 is 11.5 Å². The first-order valence-corrected chi connectivity index (χ1v) is 18.9. The van der Waals surface area contributed by atoms with E-state index >= 15 is 0 Å². The fraction of sp³-hybridized carbons (Fsp3) is 0.233. The number of nitrogens with one attached hydrogen (secondary N) is 2. The van der Waals surface area contributed by atoms with Crippen molar-refractivity contribution >= 4 is 23.8 Å². The van der Waals surface area contributed by atoms with Gasteiger partial charge in [0.25, 0.3) is 0 Å². The number of carbonyl (C=O) groups excluding carboxylic acids is 2. The normalized spacial score (nSPS) is 13.9. The van der Waals surface area contributed by atoms with Gasteiger partial charge in [-0.05, 0) is 61.3 Å². The fourth-order valence-corrected chi connectivity index (χ4v) is 7.48. The second-order valence-corrected chi connectivity index (χ2v) is 14.1. The van der Waals surface area contributed by atoms with Crippen LogP contribution in [0.15, 0.2) is 103 Å². The molecule has 0 radical (unpaired) electrons. The molecule has 8 rings (SSSR count). The Morgan fingerprint density at radius 2 is 1.07 bits per heavy atom. The lowest BCUT2D eigenvalue weighted by molar-refractivity contribution is -0.134. The molecule has 0 saturated heterocycles. The van der Waals surface area contributed by atoms with Crippen LogP contribution in [0.25, 0.3) is 22.6 Å². The molecule has 3 aromatic carbocycles. The number of carboxylic acid groups (broad SMARTS) is 2. The third kappa shape index (κ3) is 8.26. The molecular formula is C43H43N9O6. The van der Waals surface area contributed by atoms with E-state index < -0.39 is 11.9 Å². The fourth-order valence-electron chi connectivity index (χ4n) is 7.48. The highest BCUT2D eigenvalue weighted by molar-refractivity contribution is 5.89. The molecular weight excluding hydrogens is 739 g/mol. The van der Waals surface area contributed by atoms with Crippen LogP contribution in [0, 0.1) is 0 Å². The molecule has 2 aliphatic rings. The first kappa shape index (κ1) is 39.3. The first-order valence-electron chi connectivity index (χ1n) is 18.9. The zero-order chi connectivity index (χ0) is 40.8. The molecule has 0 aliphatic carbocycles. The van der Waals surface area contributed by atoms with Crippen LogP contribution in [-0.2, 0) is 35.8 Å². The van der Waals surface area contributed by atoms with Gasteiger partial charge in [-0.1, -0.05) is 72.8 Å². The Kier molecular flexibility index (Phi) is 11.8. The summed E-state index contributed by atoms with van der Waals surface area (Å²) < 4.78 is 0. The Morgan fingerprint density at radius 3 is 1.52 bits per heavy atom. The van der Waals surface area contributed by atoms with E-state index in [1.165, 1.54) is 12.3 Å². The number of nitrogens with two attached hydrogens (primary N) is 2. The number of fused-ring (bicyclic) bond motifs is 2. The second-order valence-electron chi connectivity index (χ2n) is 14.1. The highest BCUT2D eigenvalue weighted by Gasteiger charge is 2.34. The lowest BCUT2D eigenvalue weighted by Gasteiger charge is -2.23. The summed E-state index contributed by atoms with van der Waals surface area (Å²) in [5.74, 6) is -2.46. The topological polar surface area (TPSA) is 238 Å². The molecule has 0 spiro atoms. The van der Waals surface area contributed by atoms with Gasteiger partial charge < -0.3 is 31.5 Å². The molecule has 296 valence electrons. The maximum absolute atomic E-state index is 13.2. The van der Waals surface area contributed by atoms with Gasteiger partial charge in [-0.2, -0.15) is 10.2 Å². The van der Waals surface area contributed by atoms with Crippen LogP contribution in [0.2, 0.25) is 0 Å². The number of pyridine rings is 1. The molecule has 15 nitrogen and oxygen atoms in total. The zero-order valence-corrected chi connectivity index (χ0v) is 31.5. The second kappa shape index (κ2) is 17.4. The van der Waals surface area contributed by atoms with Crippen LogP contribution in [0.5, 0.6) is 0 Å². The number of H-pyrrole nitrogens is 2. The average Bonchev–Trinajstić information content (AvgIpc) is 4.05. The summed E-state index contributed by atoms with van der Waals surface area (Å²) in [6.07, 6.45) is 2.48. The van der Waals surface area contributed by atoms with Crippen LogP contribution in [0.3, 0.4) is 0 Å². The van der Waals surface area contributed by atoms with Crippen molar-refractivity contribution in [1.29, 1.82) is 0 Å². The Bertz CT molecular complexity index is 2230. The SMILES string of the molecule is NCCC(C(=O)N1Cc2[nH]nc(-c3ccc(C(=O)O)cc3)c2C1)c1ccccc1.NCCC(C(=O)N1Cc2[nH]nc(-c3ccc(C(=O)O)cn3)c2C1)c1ccccc1. The number of aromatic nitrogens is 5. The summed E-state index contributed by atoms with van der Waals surface area (Å²) in [6.45, 7) is 2.68. The number of carboxylic acids is 2. The van der Waals surface area contributed by atoms with E-state index in [1.54, 1.807) is 35.2 Å². The maximum atomic E-state index is 13.2. The van der Waals surface area contributed by atoms with Gasteiger partial charge in [0.15, 0.2) is 0 Å². The minimum atomic E-state index is -1.03. The van der Waals surface area contributed by atoms with E-state index in [4.69, 9.17) is 21.7 Å². The number of aromatic carboxylic acids is 2. The van der Waals surface area contributed by atoms with Gasteiger partial charge in [0.1, 0.15) is 5.69 Å². The number of amides is 2. The Morgan fingerprint density at radius 1 is 0.603 bits per heavy atom. The van der Waals surface area contributed by atoms with Crippen molar-refractivity contribution in [1.82, 2.24) is 35.2 Å². The van der Waals surface area contributed by atoms with Crippen LogP contribution in [0.4, 0.5) is 0 Å². The van der Waals surface area contributed by atoms with Crippen molar-refractivity contribution in [2.45, 2.75) is 50.9 Å². The van der Waals surface area contributed by atoms with Gasteiger partial charge in [0, 0.05) is 22.9 Å². The molecule has 0 fully saturated rings. The first-order chi connectivity index (χ1) is 28.2. The molecule has 2 amide bonds. The molecule has 8 N–H and O–H groups in total. The zero-order valence-electron chi connectivity index (χ0n) is 31.5. The minimum absolute atomic E-state index is 0.0337. The van der Waals surface area contributed by atoms with E-state index in [1.807, 2.05) is 65.6 Å². The van der Waals surface area contributed by atoms with E-state index in [0.29, 0.717) is 63.5 Å². The monoisotopic (exact) mass is 781 g/mol. The Labute approximate surface area is 333 Å². The molecule has 2 atom stereocenters. The predicted octanol–water partition coefficient (Wildman–Crippen LogP) is 4.89. The molecule has 58 heavy (non-hydrogen) atoms. The third-order valence-corrected chi connectivity index (χ3v) is 10.5. The number of hydrogen-bond acceptors (Lipinski definition) is 9. The van der Waals surface area contributed by atoms with E-state index in [9.17, 15) is 19.2 Å². The summed E-state index contributed by atoms with van der Waals surface area (Å²) >= 11 is 0. The lowest BCUT2D eigenvalue weighted by atomic mass is 9.94. The molecule has 0 bridgehead atoms. The van der Waals surface area contributed by atoms with Crippen LogP contribution in [-0.4, -0.2) is 82.2 Å². The van der Waals surface area contributed by atoms with Crippen molar-refractivity contribution in [3.05, 3.63) is 148 Å². The molecule has 3 aromatic heterocycles. The quantitative estimate of drug-likeness (QED) is 0.0977. The number of rotatable bonds is 12. The number of carbonyl (C=O) groups is 4. The van der Waals surface area contributed by atoms with Gasteiger partial charge in [-0.25, -0.2) is 9.59 Å². The molecule has 2 aliphatic heterocycles. The van der Waals surface area contributed by atoms with Gasteiger partial charge >= 0.3 is 11.9 Å². The summed E-state index contributed by atoms with van der Waals surface area (Å²) in [7, 11) is 0. The van der Waals surface area contributed by atoms with Gasteiger partial charge in [0.05, 0.1) is 71.9 Å². The van der Waals surface area contributed by atoms with Crippen LogP contribution >= 0.6 is 0 Å². The summed E-state index contributed by atoms with van der Waals surface area (Å²) in [5.41, 5.74) is 20.3. The summed E-state index contributed by atoms with van der Waals surface area (Å²) in [5, 5.41) is 32.8. The summed E-state index contributed by atoms with van der Waals surface area (Å²) in [6, 6.07) is 29.1. The predicted molar refractivity (Wildman–Crippen MR) is 214 cm³/mol. The number of aromatic amines is 2. The smallest absolute Gasteiger partial charge is 0.337 e. The Hall–Kier alpha value is -6.97. The largest absolute Gasteiger partial charge is 0.478 e. The standard InChI is InChI=1S/C22H22N4O3.C21H21N5O3/c23-11-10-17(14-4-2-1-3-5-14)21(27)26-12-18-19(13-26)24-25-20(18)15-6-8-16(9-7-15)22(28)29;22-9-8-15(13-4-2-1-3-5-13)20(27)26-11-16-18(12-26)24-25-19(16)17-7-6-14(10-23-17)21(28)29/h1-9,17H,10-13,23H2,(H,24,25)(H,28,29);1-7,10,15H,8-9,11-12,22H2,(H,24,25)(H,28,29). The highest BCUT2D eigenvalue weighted by atomic mass is 16.4. The lowest BCUT2D eigenvalue weighted by Crippen LogP contribution is -2.32. The van der Waals surface area contributed by atoms with Gasteiger partial charge in [0.2, 0.25) is 11.8 Å². The number of nitrogens with zero attached hydrogens (tertiary/aromatic N) is 5. The molecule has 2 unspecified atom stereocenters. The molecule has 0 saturated carbocycles. The maximum Gasteiger partial charge on any atom is 0.337 e. The van der Waals surface area contributed by atoms with Crippen molar-refractivity contribution in [3.63, 3.8) is 0 Å². The van der Waals surface area contributed by atoms with Gasteiger partial charge in [-0.15, -0.1) is 0 Å². The van der Waals surface area contributed by atoms with Crippen molar-refractivity contribution in [2.75, 3.05) is 13.1 Å². The average molecular weight is 782 g/mol. The van der Waals surface area contributed by atoms with Gasteiger partial charge in [-0.3, -0.25) is 24.8 Å². The van der Waals surface area contributed by atoms with E-state index in [-0.39, 0.29) is 34.8 Å². The molecule has 15 heteroatoms. The highest BCUT2D eigenvalue weighted by Crippen LogP contribution is 2.35. The van der Waals surface area contributed by atoms with Crippen LogP contribution in [0.1, 0.15) is 79.0 Å². The van der Waals surface area contributed by atoms with Crippen molar-refractivity contribution < 1.29 is 29.4 Å². The van der Waals surface area contributed by atoms with Crippen molar-refractivity contribution in [3.8, 4) is 22.6 Å². The number of hydrogen-bond donors (Lipinski definition) is 6. The molecule has 6 aromatic rings.